The predicted octanol–water partition coefficient (Wildman–Crippen LogP) is 3.46. The Hall–Kier alpha value is -2.56. The summed E-state index contributed by atoms with van der Waals surface area (Å²) in [7, 11) is 5.34. The summed E-state index contributed by atoms with van der Waals surface area (Å²) in [5, 5.41) is 9.45. The van der Waals surface area contributed by atoms with Gasteiger partial charge in [-0.3, -0.25) is 14.6 Å². The number of hydrogen-bond acceptors (Lipinski definition) is 4. The van der Waals surface area contributed by atoms with Crippen molar-refractivity contribution in [3.63, 3.8) is 0 Å². The van der Waals surface area contributed by atoms with Crippen LogP contribution in [0.2, 0.25) is 0 Å². The second kappa shape index (κ2) is 11.9. The Labute approximate surface area is 206 Å². The molecule has 0 aliphatic heterocycles. The molecular formula is C23H32IN5O3. The van der Waals surface area contributed by atoms with Crippen LogP contribution in [0.1, 0.15) is 41.8 Å². The fourth-order valence-electron chi connectivity index (χ4n) is 4.01. The lowest BCUT2D eigenvalue weighted by atomic mass is 9.84. The van der Waals surface area contributed by atoms with Crippen molar-refractivity contribution in [1.29, 1.82) is 0 Å². The molecule has 174 valence electrons. The first-order valence-corrected chi connectivity index (χ1v) is 10.5. The maximum atomic E-state index is 12.7. The van der Waals surface area contributed by atoms with Crippen molar-refractivity contribution < 1.29 is 14.0 Å². The van der Waals surface area contributed by atoms with Crippen molar-refractivity contribution in [2.45, 2.75) is 32.2 Å². The van der Waals surface area contributed by atoms with E-state index in [9.17, 15) is 9.59 Å². The molecule has 1 fully saturated rings. The number of rotatable bonds is 7. The summed E-state index contributed by atoms with van der Waals surface area (Å²) in [6.45, 7) is 1.09. The first kappa shape index (κ1) is 25.7. The highest BCUT2D eigenvalue weighted by atomic mass is 127. The van der Waals surface area contributed by atoms with Crippen molar-refractivity contribution in [3.05, 3.63) is 54.0 Å². The molecule has 32 heavy (non-hydrogen) atoms. The van der Waals surface area contributed by atoms with Crippen LogP contribution in [0, 0.1) is 5.41 Å². The van der Waals surface area contributed by atoms with Gasteiger partial charge in [0.15, 0.2) is 11.7 Å². The second-order valence-electron chi connectivity index (χ2n) is 8.10. The fraction of sp³-hybridized carbons (Fsp3) is 0.435. The van der Waals surface area contributed by atoms with E-state index in [-0.39, 0.29) is 47.0 Å². The van der Waals surface area contributed by atoms with Crippen LogP contribution in [0.4, 0.5) is 5.69 Å². The maximum Gasteiger partial charge on any atom is 0.291 e. The van der Waals surface area contributed by atoms with Crippen LogP contribution in [0.15, 0.2) is 52.1 Å². The van der Waals surface area contributed by atoms with Gasteiger partial charge in [0.2, 0.25) is 5.91 Å². The maximum absolute atomic E-state index is 12.7. The molecule has 1 heterocycles. The SMILES string of the molecule is CN=C(NCc1cccc(NC(=O)c2ccco2)c1)NCC1(C(=O)N(C)C)CCCC1.I. The Morgan fingerprint density at radius 3 is 2.50 bits per heavy atom. The first-order chi connectivity index (χ1) is 14.9. The summed E-state index contributed by atoms with van der Waals surface area (Å²) >= 11 is 0. The number of benzene rings is 1. The Bertz CT molecular complexity index is 921. The lowest BCUT2D eigenvalue weighted by Crippen LogP contribution is -2.49. The van der Waals surface area contributed by atoms with E-state index in [0.29, 0.717) is 24.7 Å². The number of anilines is 1. The van der Waals surface area contributed by atoms with Crippen LogP contribution in [0.3, 0.4) is 0 Å². The standard InChI is InChI=1S/C23H31N5O3.HI/c1-24-22(26-16-23(11-4-5-12-23)21(30)28(2)3)25-15-17-8-6-9-18(14-17)27-20(29)19-10-7-13-31-19;/h6-10,13-14H,4-5,11-12,15-16H2,1-3H3,(H,27,29)(H2,24,25,26);1H. The molecule has 1 aliphatic rings. The Morgan fingerprint density at radius 2 is 1.88 bits per heavy atom. The van der Waals surface area contributed by atoms with E-state index in [0.717, 1.165) is 31.2 Å². The van der Waals surface area contributed by atoms with Gasteiger partial charge in [-0.1, -0.05) is 25.0 Å². The third kappa shape index (κ3) is 6.47. The second-order valence-corrected chi connectivity index (χ2v) is 8.10. The van der Waals surface area contributed by atoms with Crippen molar-refractivity contribution in [2.75, 3.05) is 33.0 Å². The zero-order valence-electron chi connectivity index (χ0n) is 18.8. The highest BCUT2D eigenvalue weighted by molar-refractivity contribution is 14.0. The first-order valence-electron chi connectivity index (χ1n) is 10.5. The highest BCUT2D eigenvalue weighted by Gasteiger charge is 2.42. The van der Waals surface area contributed by atoms with Crippen LogP contribution in [0.25, 0.3) is 0 Å². The minimum absolute atomic E-state index is 0. The molecule has 1 aliphatic carbocycles. The lowest BCUT2D eigenvalue weighted by molar-refractivity contribution is -0.138. The molecule has 3 rings (SSSR count). The molecule has 1 aromatic heterocycles. The van der Waals surface area contributed by atoms with Gasteiger partial charge in [-0.05, 0) is 42.7 Å². The lowest BCUT2D eigenvalue weighted by Gasteiger charge is -2.31. The average molecular weight is 553 g/mol. The summed E-state index contributed by atoms with van der Waals surface area (Å²) in [6, 6.07) is 10.9. The van der Waals surface area contributed by atoms with Crippen LogP contribution in [-0.2, 0) is 11.3 Å². The number of amides is 2. The number of halogens is 1. The molecule has 0 unspecified atom stereocenters. The van der Waals surface area contributed by atoms with E-state index in [1.807, 2.05) is 38.4 Å². The zero-order chi connectivity index (χ0) is 22.3. The largest absolute Gasteiger partial charge is 0.459 e. The van der Waals surface area contributed by atoms with Crippen molar-refractivity contribution in [3.8, 4) is 0 Å². The van der Waals surface area contributed by atoms with E-state index < -0.39 is 0 Å². The Kier molecular flexibility index (Phi) is 9.55. The number of nitrogens with one attached hydrogen (secondary N) is 3. The molecule has 9 heteroatoms. The quantitative estimate of drug-likeness (QED) is 0.277. The summed E-state index contributed by atoms with van der Waals surface area (Å²) in [5.74, 6) is 0.789. The molecule has 3 N–H and O–H groups in total. The normalized spacial score (nSPS) is 14.9. The predicted molar refractivity (Wildman–Crippen MR) is 136 cm³/mol. The third-order valence-electron chi connectivity index (χ3n) is 5.63. The molecule has 2 aromatic rings. The van der Waals surface area contributed by atoms with Gasteiger partial charge in [0.1, 0.15) is 0 Å². The number of guanidine groups is 1. The molecule has 0 atom stereocenters. The van der Waals surface area contributed by atoms with Gasteiger partial charge >= 0.3 is 0 Å². The van der Waals surface area contributed by atoms with Crippen LogP contribution >= 0.6 is 24.0 Å². The summed E-state index contributed by atoms with van der Waals surface area (Å²) in [5.41, 5.74) is 1.31. The van der Waals surface area contributed by atoms with Crippen molar-refractivity contribution >= 4 is 47.4 Å². The van der Waals surface area contributed by atoms with Gasteiger partial charge in [0.05, 0.1) is 11.7 Å². The van der Waals surface area contributed by atoms with E-state index in [2.05, 4.69) is 20.9 Å². The molecule has 0 spiro atoms. The van der Waals surface area contributed by atoms with Gasteiger partial charge in [0, 0.05) is 39.9 Å². The van der Waals surface area contributed by atoms with Gasteiger partial charge in [-0.15, -0.1) is 24.0 Å². The number of furan rings is 1. The van der Waals surface area contributed by atoms with Gasteiger partial charge in [-0.2, -0.15) is 0 Å². The van der Waals surface area contributed by atoms with E-state index in [1.54, 1.807) is 24.1 Å². The minimum atomic E-state index is -0.364. The zero-order valence-corrected chi connectivity index (χ0v) is 21.1. The summed E-state index contributed by atoms with van der Waals surface area (Å²) < 4.78 is 5.12. The monoisotopic (exact) mass is 553 g/mol. The molecule has 2 amide bonds. The van der Waals surface area contributed by atoms with Crippen molar-refractivity contribution in [2.24, 2.45) is 10.4 Å². The smallest absolute Gasteiger partial charge is 0.291 e. The third-order valence-corrected chi connectivity index (χ3v) is 5.63. The van der Waals surface area contributed by atoms with Gasteiger partial charge in [0.25, 0.3) is 5.91 Å². The Morgan fingerprint density at radius 1 is 1.12 bits per heavy atom. The summed E-state index contributed by atoms with van der Waals surface area (Å²) in [4.78, 5) is 30.9. The highest BCUT2D eigenvalue weighted by Crippen LogP contribution is 2.38. The average Bonchev–Trinajstić information content (AvgIpc) is 3.46. The Balaban J connectivity index is 0.00000363. The van der Waals surface area contributed by atoms with E-state index in [1.165, 1.54) is 6.26 Å². The van der Waals surface area contributed by atoms with E-state index >= 15 is 0 Å². The van der Waals surface area contributed by atoms with Crippen molar-refractivity contribution in [1.82, 2.24) is 15.5 Å². The van der Waals surface area contributed by atoms with E-state index in [4.69, 9.17) is 4.42 Å². The molecule has 8 nitrogen and oxygen atoms in total. The topological polar surface area (TPSA) is 99.0 Å². The summed E-state index contributed by atoms with van der Waals surface area (Å²) in [6.07, 6.45) is 5.40. The molecule has 1 aromatic carbocycles. The number of carbonyl (C=O) groups excluding carboxylic acids is 2. The number of hydrogen-bond donors (Lipinski definition) is 3. The molecule has 1 saturated carbocycles. The van der Waals surface area contributed by atoms with Gasteiger partial charge < -0.3 is 25.3 Å². The van der Waals surface area contributed by atoms with Gasteiger partial charge in [-0.25, -0.2) is 0 Å². The van der Waals surface area contributed by atoms with Crippen LogP contribution in [-0.4, -0.2) is 50.4 Å². The number of aliphatic imine (C=N–C) groups is 1. The van der Waals surface area contributed by atoms with Crippen LogP contribution < -0.4 is 16.0 Å². The minimum Gasteiger partial charge on any atom is -0.459 e. The van der Waals surface area contributed by atoms with Crippen LogP contribution in [0.5, 0.6) is 0 Å². The molecular weight excluding hydrogens is 521 g/mol. The molecule has 0 radical (unpaired) electrons. The number of carbonyl (C=O) groups is 2. The molecule has 0 bridgehead atoms. The number of nitrogens with zero attached hydrogens (tertiary/aromatic N) is 2. The molecule has 0 saturated heterocycles. The fourth-order valence-corrected chi connectivity index (χ4v) is 4.01.